The summed E-state index contributed by atoms with van der Waals surface area (Å²) in [6.07, 6.45) is 2.32. The molecule has 1 saturated heterocycles. The molecule has 3 N–H and O–H groups in total. The van der Waals surface area contributed by atoms with Crippen molar-refractivity contribution in [3.05, 3.63) is 58.3 Å². The van der Waals surface area contributed by atoms with Crippen LogP contribution in [-0.4, -0.2) is 37.0 Å². The zero-order valence-electron chi connectivity index (χ0n) is 14.4. The predicted octanol–water partition coefficient (Wildman–Crippen LogP) is 2.38. The highest BCUT2D eigenvalue weighted by Crippen LogP contribution is 2.11. The summed E-state index contributed by atoms with van der Waals surface area (Å²) in [5.41, 5.74) is 1.03. The summed E-state index contributed by atoms with van der Waals surface area (Å²) in [4.78, 5) is 25.8. The summed E-state index contributed by atoms with van der Waals surface area (Å²) in [6.45, 7) is 1.83. The second-order valence-corrected chi connectivity index (χ2v) is 7.17. The molecule has 2 amide bonds. The summed E-state index contributed by atoms with van der Waals surface area (Å²) >= 11 is 1.37. The molecular formula is C19H24ClN3O2S. The van der Waals surface area contributed by atoms with Crippen LogP contribution in [0.5, 0.6) is 0 Å². The smallest absolute Gasteiger partial charge is 0.262 e. The van der Waals surface area contributed by atoms with E-state index in [-0.39, 0.29) is 30.3 Å². The van der Waals surface area contributed by atoms with Crippen LogP contribution in [0.2, 0.25) is 0 Å². The zero-order chi connectivity index (χ0) is 17.5. The van der Waals surface area contributed by atoms with Crippen LogP contribution in [0.3, 0.4) is 0 Å². The maximum atomic E-state index is 12.8. The van der Waals surface area contributed by atoms with Crippen LogP contribution >= 0.6 is 23.7 Å². The summed E-state index contributed by atoms with van der Waals surface area (Å²) < 4.78 is 0. The van der Waals surface area contributed by atoms with Crippen molar-refractivity contribution in [1.29, 1.82) is 0 Å². The van der Waals surface area contributed by atoms with Crippen molar-refractivity contribution in [2.45, 2.75) is 31.3 Å². The number of thiophene rings is 1. The van der Waals surface area contributed by atoms with Gasteiger partial charge in [-0.25, -0.2) is 0 Å². The first-order valence-corrected chi connectivity index (χ1v) is 9.50. The Morgan fingerprint density at radius 3 is 2.50 bits per heavy atom. The highest BCUT2D eigenvalue weighted by molar-refractivity contribution is 7.12. The van der Waals surface area contributed by atoms with Crippen LogP contribution in [0.15, 0.2) is 47.8 Å². The average molecular weight is 394 g/mol. The number of benzene rings is 1. The Kier molecular flexibility index (Phi) is 8.09. The topological polar surface area (TPSA) is 70.2 Å². The van der Waals surface area contributed by atoms with Crippen molar-refractivity contribution in [2.75, 3.05) is 13.1 Å². The number of carbonyl (C=O) groups is 2. The quantitative estimate of drug-likeness (QED) is 0.705. The number of carbonyl (C=O) groups excluding carboxylic acids is 2. The minimum absolute atomic E-state index is 0. The van der Waals surface area contributed by atoms with Gasteiger partial charge < -0.3 is 16.0 Å². The third-order valence-electron chi connectivity index (χ3n) is 4.33. The zero-order valence-corrected chi connectivity index (χ0v) is 16.1. The Balaban J connectivity index is 0.00000243. The van der Waals surface area contributed by atoms with Crippen molar-refractivity contribution >= 4 is 35.6 Å². The lowest BCUT2D eigenvalue weighted by Gasteiger charge is -2.26. The number of rotatable bonds is 6. The molecule has 2 heterocycles. The first-order valence-electron chi connectivity index (χ1n) is 8.62. The van der Waals surface area contributed by atoms with E-state index in [2.05, 4.69) is 16.0 Å². The summed E-state index contributed by atoms with van der Waals surface area (Å²) in [6, 6.07) is 13.0. The van der Waals surface area contributed by atoms with E-state index in [4.69, 9.17) is 0 Å². The summed E-state index contributed by atoms with van der Waals surface area (Å²) in [5, 5.41) is 11.1. The Labute approximate surface area is 164 Å². The molecule has 0 saturated carbocycles. The van der Waals surface area contributed by atoms with Crippen molar-refractivity contribution < 1.29 is 9.59 Å². The standard InChI is InChI=1S/C19H23N3O2S.ClH/c23-18(21-15-8-10-20-11-9-15)16(13-14-5-2-1-3-6-14)22-19(24)17-7-4-12-25-17;/h1-7,12,15-16,20H,8-11,13H2,(H,21,23)(H,22,24);1H. The molecule has 0 spiro atoms. The largest absolute Gasteiger partial charge is 0.351 e. The fourth-order valence-corrected chi connectivity index (χ4v) is 3.59. The molecule has 1 unspecified atom stereocenters. The number of piperidine rings is 1. The Morgan fingerprint density at radius 2 is 1.85 bits per heavy atom. The minimum atomic E-state index is -0.577. The fourth-order valence-electron chi connectivity index (χ4n) is 2.96. The van der Waals surface area contributed by atoms with E-state index in [1.165, 1.54) is 11.3 Å². The summed E-state index contributed by atoms with van der Waals surface area (Å²) in [5.74, 6) is -0.308. The molecule has 3 rings (SSSR count). The van der Waals surface area contributed by atoms with Gasteiger partial charge in [0, 0.05) is 12.5 Å². The highest BCUT2D eigenvalue weighted by Gasteiger charge is 2.25. The second-order valence-electron chi connectivity index (χ2n) is 6.23. The summed E-state index contributed by atoms with van der Waals surface area (Å²) in [7, 11) is 0. The van der Waals surface area contributed by atoms with Gasteiger partial charge in [-0.1, -0.05) is 36.4 Å². The maximum Gasteiger partial charge on any atom is 0.262 e. The van der Waals surface area contributed by atoms with Crippen LogP contribution in [0.25, 0.3) is 0 Å². The normalized spacial score (nSPS) is 15.5. The van der Waals surface area contributed by atoms with Crippen molar-refractivity contribution in [1.82, 2.24) is 16.0 Å². The van der Waals surface area contributed by atoms with Crippen LogP contribution in [-0.2, 0) is 11.2 Å². The highest BCUT2D eigenvalue weighted by atomic mass is 35.5. The molecule has 5 nitrogen and oxygen atoms in total. The van der Waals surface area contributed by atoms with Gasteiger partial charge in [-0.2, -0.15) is 0 Å². The average Bonchev–Trinajstić information content (AvgIpc) is 3.18. The van der Waals surface area contributed by atoms with Gasteiger partial charge in [0.1, 0.15) is 6.04 Å². The van der Waals surface area contributed by atoms with Gasteiger partial charge in [-0.05, 0) is 42.9 Å². The van der Waals surface area contributed by atoms with E-state index in [1.54, 1.807) is 6.07 Å². The van der Waals surface area contributed by atoms with E-state index in [1.807, 2.05) is 41.8 Å². The Bertz CT molecular complexity index is 688. The first-order chi connectivity index (χ1) is 12.2. The molecular weight excluding hydrogens is 370 g/mol. The number of halogens is 1. The lowest BCUT2D eigenvalue weighted by Crippen LogP contribution is -2.52. The molecule has 1 aromatic carbocycles. The molecule has 2 aromatic rings. The van der Waals surface area contributed by atoms with E-state index in [0.717, 1.165) is 31.5 Å². The molecule has 1 aromatic heterocycles. The van der Waals surface area contributed by atoms with E-state index >= 15 is 0 Å². The number of hydrogen-bond donors (Lipinski definition) is 3. The van der Waals surface area contributed by atoms with Crippen LogP contribution < -0.4 is 16.0 Å². The molecule has 0 aliphatic carbocycles. The molecule has 140 valence electrons. The molecule has 7 heteroatoms. The third kappa shape index (κ3) is 5.83. The SMILES string of the molecule is Cl.O=C(NC(Cc1ccccc1)C(=O)NC1CCNCC1)c1cccs1. The molecule has 1 atom stereocenters. The monoisotopic (exact) mass is 393 g/mol. The first kappa shape index (κ1) is 20.4. The van der Waals surface area contributed by atoms with Gasteiger partial charge in [0.15, 0.2) is 0 Å². The van der Waals surface area contributed by atoms with E-state index in [9.17, 15) is 9.59 Å². The molecule has 0 bridgehead atoms. The lowest BCUT2D eigenvalue weighted by atomic mass is 10.0. The minimum Gasteiger partial charge on any atom is -0.351 e. The van der Waals surface area contributed by atoms with Gasteiger partial charge in [-0.3, -0.25) is 9.59 Å². The van der Waals surface area contributed by atoms with Gasteiger partial charge >= 0.3 is 0 Å². The molecule has 1 fully saturated rings. The van der Waals surface area contributed by atoms with Crippen LogP contribution in [0, 0.1) is 0 Å². The van der Waals surface area contributed by atoms with Crippen LogP contribution in [0.4, 0.5) is 0 Å². The van der Waals surface area contributed by atoms with Crippen LogP contribution in [0.1, 0.15) is 28.1 Å². The van der Waals surface area contributed by atoms with Crippen molar-refractivity contribution in [3.63, 3.8) is 0 Å². The molecule has 1 aliphatic rings. The number of hydrogen-bond acceptors (Lipinski definition) is 4. The van der Waals surface area contributed by atoms with Gasteiger partial charge in [0.2, 0.25) is 5.91 Å². The lowest BCUT2D eigenvalue weighted by molar-refractivity contribution is -0.123. The van der Waals surface area contributed by atoms with Crippen molar-refractivity contribution in [3.8, 4) is 0 Å². The Morgan fingerprint density at radius 1 is 1.12 bits per heavy atom. The fraction of sp³-hybridized carbons (Fsp3) is 0.368. The predicted molar refractivity (Wildman–Crippen MR) is 107 cm³/mol. The maximum absolute atomic E-state index is 12.8. The Hall–Kier alpha value is -1.89. The van der Waals surface area contributed by atoms with Gasteiger partial charge in [0.25, 0.3) is 5.91 Å². The molecule has 1 aliphatic heterocycles. The van der Waals surface area contributed by atoms with E-state index in [0.29, 0.717) is 11.3 Å². The van der Waals surface area contributed by atoms with Gasteiger partial charge in [-0.15, -0.1) is 23.7 Å². The second kappa shape index (κ2) is 10.3. The van der Waals surface area contributed by atoms with Gasteiger partial charge in [0.05, 0.1) is 4.88 Å². The molecule has 26 heavy (non-hydrogen) atoms. The van der Waals surface area contributed by atoms with E-state index < -0.39 is 6.04 Å². The third-order valence-corrected chi connectivity index (χ3v) is 5.20. The van der Waals surface area contributed by atoms with Crippen molar-refractivity contribution in [2.24, 2.45) is 0 Å². The number of amides is 2. The number of nitrogens with one attached hydrogen (secondary N) is 3. The molecule has 0 radical (unpaired) electrons.